The van der Waals surface area contributed by atoms with Crippen molar-refractivity contribution in [2.24, 2.45) is 5.41 Å². The van der Waals surface area contributed by atoms with Gasteiger partial charge in [0, 0.05) is 6.07 Å². The molecule has 1 heterocycles. The van der Waals surface area contributed by atoms with E-state index in [1.165, 1.54) is 44.6 Å². The summed E-state index contributed by atoms with van der Waals surface area (Å²) in [6, 6.07) is 6.59. The van der Waals surface area contributed by atoms with Crippen LogP contribution in [-0.4, -0.2) is 13.1 Å². The molecule has 114 valence electrons. The van der Waals surface area contributed by atoms with Crippen molar-refractivity contribution in [2.45, 2.75) is 66.8 Å². The van der Waals surface area contributed by atoms with Gasteiger partial charge in [0.2, 0.25) is 0 Å². The second-order valence-electron chi connectivity index (χ2n) is 6.94. The fourth-order valence-corrected chi connectivity index (χ4v) is 2.44. The smallest absolute Gasteiger partial charge is 0.262 e. The number of hydrogen-bond donors (Lipinski definition) is 0. The minimum absolute atomic E-state index is 0.307. The third-order valence-corrected chi connectivity index (χ3v) is 3.45. The van der Waals surface area contributed by atoms with E-state index in [1.807, 2.05) is 0 Å². The normalized spacial score (nSPS) is 11.7. The van der Waals surface area contributed by atoms with E-state index in [2.05, 4.69) is 68.5 Å². The topological polar surface area (TPSA) is 7.12 Å². The fourth-order valence-electron chi connectivity index (χ4n) is 2.44. The molecule has 0 fully saturated rings. The van der Waals surface area contributed by atoms with Gasteiger partial charge in [-0.05, 0) is 24.3 Å². The quantitative estimate of drug-likeness (QED) is 0.638. The van der Waals surface area contributed by atoms with Crippen molar-refractivity contribution in [3.05, 3.63) is 24.4 Å². The van der Waals surface area contributed by atoms with Gasteiger partial charge in [-0.1, -0.05) is 53.5 Å². The molecule has 0 N–H and O–H groups in total. The van der Waals surface area contributed by atoms with Gasteiger partial charge in [-0.15, -0.1) is 0 Å². The lowest BCUT2D eigenvalue weighted by Crippen LogP contribution is -2.46. The zero-order valence-electron chi connectivity index (χ0n) is 14.2. The van der Waals surface area contributed by atoms with Gasteiger partial charge in [0.05, 0.1) is 25.8 Å². The summed E-state index contributed by atoms with van der Waals surface area (Å²) in [4.78, 5) is 2.57. The molecule has 0 bridgehead atoms. The third-order valence-electron chi connectivity index (χ3n) is 3.45. The Bertz CT molecular complexity index is 371. The predicted molar refractivity (Wildman–Crippen MR) is 88.1 cm³/mol. The zero-order chi connectivity index (χ0) is 15.0. The van der Waals surface area contributed by atoms with E-state index in [0.29, 0.717) is 5.41 Å². The number of hydrogen-bond acceptors (Lipinski definition) is 1. The van der Waals surface area contributed by atoms with Gasteiger partial charge in [0.15, 0.2) is 0 Å². The molecule has 0 saturated heterocycles. The largest absolute Gasteiger partial charge is 0.276 e. The van der Waals surface area contributed by atoms with E-state index < -0.39 is 0 Å². The fraction of sp³-hybridized carbons (Fsp3) is 0.722. The first kappa shape index (κ1) is 17.0. The molecule has 0 aliphatic carbocycles. The van der Waals surface area contributed by atoms with Crippen molar-refractivity contribution in [1.29, 1.82) is 0 Å². The Balaban J connectivity index is 2.92. The van der Waals surface area contributed by atoms with E-state index in [9.17, 15) is 0 Å². The van der Waals surface area contributed by atoms with Gasteiger partial charge in [0.1, 0.15) is 0 Å². The van der Waals surface area contributed by atoms with Crippen LogP contribution < -0.4 is 9.47 Å². The third kappa shape index (κ3) is 5.94. The van der Waals surface area contributed by atoms with Crippen molar-refractivity contribution in [3.8, 4) is 0 Å². The van der Waals surface area contributed by atoms with Gasteiger partial charge < -0.3 is 0 Å². The molecule has 20 heavy (non-hydrogen) atoms. The van der Waals surface area contributed by atoms with Crippen LogP contribution >= 0.6 is 0 Å². The van der Waals surface area contributed by atoms with Crippen LogP contribution in [-0.2, 0) is 6.54 Å². The summed E-state index contributed by atoms with van der Waals surface area (Å²) in [5, 5.41) is 0. The van der Waals surface area contributed by atoms with Crippen LogP contribution in [0.2, 0.25) is 0 Å². The summed E-state index contributed by atoms with van der Waals surface area (Å²) in [5.41, 5.74) is 0.307. The number of nitrogens with zero attached hydrogens (tertiary/aromatic N) is 2. The molecule has 0 aliphatic heterocycles. The number of pyridine rings is 1. The van der Waals surface area contributed by atoms with Crippen LogP contribution in [0.5, 0.6) is 0 Å². The summed E-state index contributed by atoms with van der Waals surface area (Å²) in [6.07, 6.45) is 7.29. The molecule has 0 atom stereocenters. The van der Waals surface area contributed by atoms with E-state index in [4.69, 9.17) is 0 Å². The minimum Gasteiger partial charge on any atom is -0.262 e. The molecule has 0 saturated carbocycles. The highest BCUT2D eigenvalue weighted by atomic mass is 15.2. The highest BCUT2D eigenvalue weighted by molar-refractivity contribution is 5.32. The van der Waals surface area contributed by atoms with Crippen molar-refractivity contribution >= 4 is 5.82 Å². The first-order valence-corrected chi connectivity index (χ1v) is 8.21. The Kier molecular flexibility index (Phi) is 7.04. The summed E-state index contributed by atoms with van der Waals surface area (Å²) in [7, 11) is 0. The lowest BCUT2D eigenvalue weighted by atomic mass is 9.97. The molecule has 1 aromatic heterocycles. The van der Waals surface area contributed by atoms with Crippen LogP contribution in [0.15, 0.2) is 24.4 Å². The lowest BCUT2D eigenvalue weighted by molar-refractivity contribution is -0.696. The Morgan fingerprint density at radius 1 is 1.00 bits per heavy atom. The highest BCUT2D eigenvalue weighted by Crippen LogP contribution is 2.16. The maximum Gasteiger partial charge on any atom is 0.276 e. The Labute approximate surface area is 125 Å². The van der Waals surface area contributed by atoms with Crippen LogP contribution in [0.1, 0.15) is 60.3 Å². The minimum atomic E-state index is 0.307. The number of anilines is 1. The predicted octanol–water partition coefficient (Wildman–Crippen LogP) is 4.43. The summed E-state index contributed by atoms with van der Waals surface area (Å²) in [6.45, 7) is 14.9. The second-order valence-corrected chi connectivity index (χ2v) is 6.94. The van der Waals surface area contributed by atoms with E-state index in [1.54, 1.807) is 0 Å². The number of unbranched alkanes of at least 4 members (excludes halogenated alkanes) is 2. The maximum atomic E-state index is 2.57. The highest BCUT2D eigenvalue weighted by Gasteiger charge is 2.22. The van der Waals surface area contributed by atoms with E-state index in [-0.39, 0.29) is 0 Å². The van der Waals surface area contributed by atoms with Gasteiger partial charge in [-0.3, -0.25) is 4.90 Å². The standard InChI is InChI=1S/C18H33N2/c1-6-8-13-19(14-9-7-2)17-12-10-11-15-20(17)16-18(3,4)5/h10-12,15H,6-9,13-14,16H2,1-5H3/q+1. The second kappa shape index (κ2) is 8.28. The summed E-state index contributed by atoms with van der Waals surface area (Å²) in [5.74, 6) is 1.38. The molecule has 0 amide bonds. The molecule has 2 heteroatoms. The average Bonchev–Trinajstić information content (AvgIpc) is 2.38. The zero-order valence-corrected chi connectivity index (χ0v) is 14.2. The lowest BCUT2D eigenvalue weighted by Gasteiger charge is -2.23. The molecule has 0 radical (unpaired) electrons. The van der Waals surface area contributed by atoms with Crippen LogP contribution in [0, 0.1) is 5.41 Å². The first-order valence-electron chi connectivity index (χ1n) is 8.21. The van der Waals surface area contributed by atoms with Crippen molar-refractivity contribution in [2.75, 3.05) is 18.0 Å². The molecule has 1 aromatic rings. The van der Waals surface area contributed by atoms with E-state index in [0.717, 1.165) is 6.54 Å². The molecular weight excluding hydrogens is 244 g/mol. The number of rotatable bonds is 8. The Hall–Kier alpha value is -1.05. The van der Waals surface area contributed by atoms with Gasteiger partial charge in [0.25, 0.3) is 5.82 Å². The molecular formula is C18H33N2+. The van der Waals surface area contributed by atoms with Crippen molar-refractivity contribution < 1.29 is 4.57 Å². The van der Waals surface area contributed by atoms with Crippen LogP contribution in [0.4, 0.5) is 5.82 Å². The Morgan fingerprint density at radius 2 is 1.60 bits per heavy atom. The summed E-state index contributed by atoms with van der Waals surface area (Å²) < 4.78 is 2.42. The van der Waals surface area contributed by atoms with Crippen molar-refractivity contribution in [3.63, 3.8) is 0 Å². The molecule has 2 nitrogen and oxygen atoms in total. The van der Waals surface area contributed by atoms with Gasteiger partial charge in [-0.25, -0.2) is 4.57 Å². The molecule has 0 unspecified atom stereocenters. The first-order chi connectivity index (χ1) is 9.48. The average molecular weight is 277 g/mol. The van der Waals surface area contributed by atoms with Crippen molar-refractivity contribution in [1.82, 2.24) is 0 Å². The monoisotopic (exact) mass is 277 g/mol. The van der Waals surface area contributed by atoms with E-state index >= 15 is 0 Å². The Morgan fingerprint density at radius 3 is 2.10 bits per heavy atom. The molecule has 1 rings (SSSR count). The molecule has 0 aromatic carbocycles. The summed E-state index contributed by atoms with van der Waals surface area (Å²) >= 11 is 0. The SMILES string of the molecule is CCCCN(CCCC)c1cccc[n+]1CC(C)(C)C. The van der Waals surface area contributed by atoms with Crippen LogP contribution in [0.25, 0.3) is 0 Å². The van der Waals surface area contributed by atoms with Crippen LogP contribution in [0.3, 0.4) is 0 Å². The molecule has 0 spiro atoms. The van der Waals surface area contributed by atoms with Gasteiger partial charge >= 0.3 is 0 Å². The van der Waals surface area contributed by atoms with Gasteiger partial charge in [-0.2, -0.15) is 0 Å². The molecule has 0 aliphatic rings. The maximum absolute atomic E-state index is 2.57. The number of aromatic nitrogens is 1.